The van der Waals surface area contributed by atoms with E-state index >= 15 is 0 Å². The van der Waals surface area contributed by atoms with Gasteiger partial charge in [-0.1, -0.05) is 0 Å². The Labute approximate surface area is 119 Å². The fourth-order valence-electron chi connectivity index (χ4n) is 2.07. The summed E-state index contributed by atoms with van der Waals surface area (Å²) >= 11 is 0. The minimum atomic E-state index is 0.769. The summed E-state index contributed by atoms with van der Waals surface area (Å²) in [6.45, 7) is 7.65. The van der Waals surface area contributed by atoms with Crippen LogP contribution >= 0.6 is 0 Å². The van der Waals surface area contributed by atoms with Crippen LogP contribution in [-0.4, -0.2) is 32.6 Å². The molecule has 0 radical (unpaired) electrons. The summed E-state index contributed by atoms with van der Waals surface area (Å²) in [5.41, 5.74) is 1.05. The molecule has 0 fully saturated rings. The summed E-state index contributed by atoms with van der Waals surface area (Å²) in [4.78, 5) is 13.2. The summed E-state index contributed by atoms with van der Waals surface area (Å²) in [6.07, 6.45) is 4.64. The lowest BCUT2D eigenvalue weighted by molar-refractivity contribution is 0.787. The number of anilines is 2. The molecule has 0 aliphatic rings. The molecule has 2 N–H and O–H groups in total. The van der Waals surface area contributed by atoms with E-state index in [1.54, 1.807) is 0 Å². The molecule has 0 saturated heterocycles. The van der Waals surface area contributed by atoms with E-state index in [0.29, 0.717) is 0 Å². The van der Waals surface area contributed by atoms with Crippen molar-refractivity contribution in [3.8, 4) is 0 Å². The maximum absolute atomic E-state index is 4.47. The molecule has 0 aromatic carbocycles. The smallest absolute Gasteiger partial charge is 0.134 e. The number of hydrogen-bond donors (Lipinski definition) is 2. The second-order valence-corrected chi connectivity index (χ2v) is 4.75. The van der Waals surface area contributed by atoms with Crippen molar-refractivity contribution in [1.29, 1.82) is 0 Å². The van der Waals surface area contributed by atoms with Crippen LogP contribution in [-0.2, 0) is 13.5 Å². The Morgan fingerprint density at radius 3 is 2.45 bits per heavy atom. The molecule has 0 spiro atoms. The molecule has 2 heterocycles. The topological polar surface area (TPSA) is 67.7 Å². The number of nitrogens with zero attached hydrogens (tertiary/aromatic N) is 4. The van der Waals surface area contributed by atoms with Crippen LogP contribution in [0.1, 0.15) is 24.1 Å². The zero-order valence-electron chi connectivity index (χ0n) is 12.6. The van der Waals surface area contributed by atoms with Crippen molar-refractivity contribution in [2.24, 2.45) is 7.05 Å². The first kappa shape index (κ1) is 14.3. The summed E-state index contributed by atoms with van der Waals surface area (Å²) in [7, 11) is 2.01. The Balaban J connectivity index is 2.04. The average molecular weight is 274 g/mol. The summed E-state index contributed by atoms with van der Waals surface area (Å²) < 4.78 is 2.03. The molecule has 2 aromatic rings. The Hall–Kier alpha value is -2.11. The van der Waals surface area contributed by atoms with Crippen molar-refractivity contribution in [3.05, 3.63) is 29.6 Å². The number of hydrogen-bond acceptors (Lipinski definition) is 5. The van der Waals surface area contributed by atoms with Crippen molar-refractivity contribution in [1.82, 2.24) is 19.5 Å². The van der Waals surface area contributed by atoms with E-state index in [1.807, 2.05) is 37.9 Å². The van der Waals surface area contributed by atoms with Gasteiger partial charge in [-0.3, -0.25) is 0 Å². The third-order valence-corrected chi connectivity index (χ3v) is 3.16. The first-order valence-corrected chi connectivity index (χ1v) is 6.91. The number of rotatable bonds is 6. The van der Waals surface area contributed by atoms with Gasteiger partial charge in [-0.05, 0) is 20.8 Å². The van der Waals surface area contributed by atoms with Crippen LogP contribution in [0.2, 0.25) is 0 Å². The molecule has 0 unspecified atom stereocenters. The predicted molar refractivity (Wildman–Crippen MR) is 81.1 cm³/mol. The van der Waals surface area contributed by atoms with Gasteiger partial charge in [0.05, 0.1) is 0 Å². The lowest BCUT2D eigenvalue weighted by atomic mass is 10.3. The van der Waals surface area contributed by atoms with Crippen LogP contribution in [0, 0.1) is 13.8 Å². The molecule has 108 valence electrons. The molecule has 0 saturated carbocycles. The second kappa shape index (κ2) is 6.36. The van der Waals surface area contributed by atoms with E-state index < -0.39 is 0 Å². The van der Waals surface area contributed by atoms with E-state index in [1.165, 1.54) is 0 Å². The van der Waals surface area contributed by atoms with Crippen molar-refractivity contribution < 1.29 is 0 Å². The highest BCUT2D eigenvalue weighted by molar-refractivity contribution is 5.57. The number of aryl methyl sites for hydroxylation is 2. The minimum absolute atomic E-state index is 0.769. The maximum atomic E-state index is 4.47. The standard InChI is InChI=1S/C14H22N6/c1-5-15-13-10(2)14(19-11(3)18-13)17-7-6-12-16-8-9-20(12)4/h8-9H,5-7H2,1-4H3,(H2,15,17,18,19). The molecule has 0 aliphatic carbocycles. The highest BCUT2D eigenvalue weighted by atomic mass is 15.1. The molecule has 20 heavy (non-hydrogen) atoms. The van der Waals surface area contributed by atoms with Crippen LogP contribution < -0.4 is 10.6 Å². The Bertz CT molecular complexity index is 575. The summed E-state index contributed by atoms with van der Waals surface area (Å²) in [5.74, 6) is 3.63. The number of imidazole rings is 1. The van der Waals surface area contributed by atoms with Crippen LogP contribution in [0.5, 0.6) is 0 Å². The normalized spacial score (nSPS) is 10.6. The average Bonchev–Trinajstić information content (AvgIpc) is 2.81. The summed E-state index contributed by atoms with van der Waals surface area (Å²) in [5, 5.41) is 6.64. The number of nitrogens with one attached hydrogen (secondary N) is 2. The lowest BCUT2D eigenvalue weighted by Gasteiger charge is -2.13. The van der Waals surface area contributed by atoms with Crippen LogP contribution in [0.15, 0.2) is 12.4 Å². The van der Waals surface area contributed by atoms with Crippen molar-refractivity contribution >= 4 is 11.6 Å². The van der Waals surface area contributed by atoms with Gasteiger partial charge < -0.3 is 15.2 Å². The monoisotopic (exact) mass is 274 g/mol. The van der Waals surface area contributed by atoms with Gasteiger partial charge in [-0.2, -0.15) is 0 Å². The van der Waals surface area contributed by atoms with E-state index in [9.17, 15) is 0 Å². The largest absolute Gasteiger partial charge is 0.370 e. The van der Waals surface area contributed by atoms with Gasteiger partial charge in [0, 0.05) is 44.5 Å². The molecular weight excluding hydrogens is 252 g/mol. The fraction of sp³-hybridized carbons (Fsp3) is 0.500. The van der Waals surface area contributed by atoms with E-state index in [-0.39, 0.29) is 0 Å². The van der Waals surface area contributed by atoms with Crippen molar-refractivity contribution in [2.75, 3.05) is 23.7 Å². The quantitative estimate of drug-likeness (QED) is 0.842. The van der Waals surface area contributed by atoms with Gasteiger partial charge >= 0.3 is 0 Å². The molecule has 2 rings (SSSR count). The van der Waals surface area contributed by atoms with Gasteiger partial charge in [0.2, 0.25) is 0 Å². The molecule has 0 bridgehead atoms. The van der Waals surface area contributed by atoms with Gasteiger partial charge in [-0.15, -0.1) is 0 Å². The lowest BCUT2D eigenvalue weighted by Crippen LogP contribution is -2.13. The third kappa shape index (κ3) is 3.26. The fourth-order valence-corrected chi connectivity index (χ4v) is 2.07. The Morgan fingerprint density at radius 2 is 1.85 bits per heavy atom. The highest BCUT2D eigenvalue weighted by Gasteiger charge is 2.08. The molecule has 0 aliphatic heterocycles. The van der Waals surface area contributed by atoms with Crippen LogP contribution in [0.4, 0.5) is 11.6 Å². The first-order valence-electron chi connectivity index (χ1n) is 6.91. The van der Waals surface area contributed by atoms with Gasteiger partial charge in [0.25, 0.3) is 0 Å². The van der Waals surface area contributed by atoms with Crippen LogP contribution in [0.3, 0.4) is 0 Å². The second-order valence-electron chi connectivity index (χ2n) is 4.75. The van der Waals surface area contributed by atoms with Crippen molar-refractivity contribution in [3.63, 3.8) is 0 Å². The molecule has 2 aromatic heterocycles. The number of aromatic nitrogens is 4. The Kier molecular flexibility index (Phi) is 4.55. The molecule has 0 atom stereocenters. The zero-order chi connectivity index (χ0) is 14.5. The SMILES string of the molecule is CCNc1nc(C)nc(NCCc2nccn2C)c1C. The highest BCUT2D eigenvalue weighted by Crippen LogP contribution is 2.19. The maximum Gasteiger partial charge on any atom is 0.134 e. The summed E-state index contributed by atoms with van der Waals surface area (Å²) in [6, 6.07) is 0. The van der Waals surface area contributed by atoms with Gasteiger partial charge in [0.1, 0.15) is 23.3 Å². The Morgan fingerprint density at radius 1 is 1.15 bits per heavy atom. The molecule has 6 nitrogen and oxygen atoms in total. The predicted octanol–water partition coefficient (Wildman–Crippen LogP) is 1.91. The molecule has 0 amide bonds. The zero-order valence-corrected chi connectivity index (χ0v) is 12.6. The van der Waals surface area contributed by atoms with Crippen LogP contribution in [0.25, 0.3) is 0 Å². The molecule has 6 heteroatoms. The minimum Gasteiger partial charge on any atom is -0.370 e. The first-order chi connectivity index (χ1) is 9.61. The van der Waals surface area contributed by atoms with Crippen molar-refractivity contribution in [2.45, 2.75) is 27.2 Å². The van der Waals surface area contributed by atoms with E-state index in [2.05, 4.69) is 32.5 Å². The van der Waals surface area contributed by atoms with E-state index in [4.69, 9.17) is 0 Å². The van der Waals surface area contributed by atoms with Gasteiger partial charge in [-0.25, -0.2) is 15.0 Å². The molecular formula is C14H22N6. The third-order valence-electron chi connectivity index (χ3n) is 3.16. The van der Waals surface area contributed by atoms with E-state index in [0.717, 1.165) is 48.4 Å². The van der Waals surface area contributed by atoms with Gasteiger partial charge in [0.15, 0.2) is 0 Å².